The van der Waals surface area contributed by atoms with Gasteiger partial charge in [0.05, 0.1) is 29.7 Å². The van der Waals surface area contributed by atoms with Gasteiger partial charge in [-0.05, 0) is 168 Å². The van der Waals surface area contributed by atoms with E-state index in [0.717, 1.165) is 132 Å². The summed E-state index contributed by atoms with van der Waals surface area (Å²) in [5, 5.41) is 18.9. The molecule has 3 spiro atoms. The molecule has 6 aromatic carbocycles. The zero-order valence-electron chi connectivity index (χ0n) is 43.7. The summed E-state index contributed by atoms with van der Waals surface area (Å²) in [7, 11) is 0. The average molecular weight is 1050 g/mol. The number of anilines is 3. The zero-order valence-corrected chi connectivity index (χ0v) is 45.2. The van der Waals surface area contributed by atoms with Crippen molar-refractivity contribution in [2.45, 2.75) is 98.2 Å². The number of halogens is 3. The summed E-state index contributed by atoms with van der Waals surface area (Å²) in [6.45, 7) is 13.6. The van der Waals surface area contributed by atoms with E-state index in [1.165, 1.54) is 50.5 Å². The summed E-state index contributed by atoms with van der Waals surface area (Å²) < 4.78 is 19.8. The van der Waals surface area contributed by atoms with Gasteiger partial charge >= 0.3 is 0 Å². The van der Waals surface area contributed by atoms with Gasteiger partial charge in [0.25, 0.3) is 0 Å². The van der Waals surface area contributed by atoms with E-state index >= 15 is 0 Å². The van der Waals surface area contributed by atoms with Crippen LogP contribution in [0, 0.1) is 42.8 Å². The summed E-state index contributed by atoms with van der Waals surface area (Å²) >= 11 is 12.5. The zero-order chi connectivity index (χ0) is 51.8. The van der Waals surface area contributed by atoms with Crippen LogP contribution in [0.1, 0.15) is 88.6 Å². The lowest BCUT2D eigenvalue weighted by Gasteiger charge is -2.42. The lowest BCUT2D eigenvalue weighted by atomic mass is 9.71. The molecular weight excluding hydrogens is 975 g/mol. The smallest absolute Gasteiger partial charge is 0.128 e. The highest BCUT2D eigenvalue weighted by Crippen LogP contribution is 2.45. The molecule has 12 rings (SSSR count). The van der Waals surface area contributed by atoms with E-state index in [-0.39, 0.29) is 22.1 Å². The van der Waals surface area contributed by atoms with E-state index in [1.807, 2.05) is 37.3 Å². The fourth-order valence-corrected chi connectivity index (χ4v) is 12.3. The molecule has 0 unspecified atom stereocenters. The molecule has 0 radical (unpaired) electrons. The van der Waals surface area contributed by atoms with Gasteiger partial charge in [-0.1, -0.05) is 131 Å². The van der Waals surface area contributed by atoms with E-state index in [4.69, 9.17) is 42.9 Å². The van der Waals surface area contributed by atoms with Crippen molar-refractivity contribution in [1.82, 2.24) is 10.6 Å². The second-order valence-corrected chi connectivity index (χ2v) is 22.5. The molecule has 6 heterocycles. The number of aliphatic imine (C=N–C) groups is 3. The van der Waals surface area contributed by atoms with Gasteiger partial charge in [0.15, 0.2) is 0 Å². The Morgan fingerprint density at radius 3 is 1.44 bits per heavy atom. The molecule has 3 fully saturated rings. The molecule has 75 heavy (non-hydrogen) atoms. The van der Waals surface area contributed by atoms with Gasteiger partial charge in [-0.2, -0.15) is 0 Å². The lowest BCUT2D eigenvalue weighted by molar-refractivity contribution is 0.0448. The van der Waals surface area contributed by atoms with Crippen LogP contribution < -0.4 is 26.6 Å². The maximum atomic E-state index is 14.2. The Labute approximate surface area is 453 Å². The quantitative estimate of drug-likeness (QED) is 0.114. The summed E-state index contributed by atoms with van der Waals surface area (Å²) in [6, 6.07) is 43.6. The van der Waals surface area contributed by atoms with Crippen LogP contribution >= 0.6 is 23.2 Å². The van der Waals surface area contributed by atoms with E-state index in [9.17, 15) is 4.39 Å². The second kappa shape index (κ2) is 23.6. The van der Waals surface area contributed by atoms with E-state index in [2.05, 4.69) is 131 Å². The van der Waals surface area contributed by atoms with E-state index < -0.39 is 0 Å². The van der Waals surface area contributed by atoms with Crippen LogP contribution in [0.3, 0.4) is 0 Å². The van der Waals surface area contributed by atoms with E-state index in [1.54, 1.807) is 6.07 Å². The normalized spacial score (nSPS) is 20.3. The Hall–Kier alpha value is -5.88. The number of hydrogen-bond donors (Lipinski definition) is 5. The average Bonchev–Trinajstić information content (AvgIpc) is 3.41. The first-order chi connectivity index (χ1) is 36.5. The molecule has 0 aliphatic carbocycles. The van der Waals surface area contributed by atoms with Crippen LogP contribution in [0.5, 0.6) is 0 Å². The molecule has 9 nitrogen and oxygen atoms in total. The molecular formula is C63H71Cl2FN8O. The van der Waals surface area contributed by atoms with Crippen molar-refractivity contribution in [3.8, 4) is 0 Å². The van der Waals surface area contributed by atoms with Crippen LogP contribution in [0.15, 0.2) is 142 Å². The van der Waals surface area contributed by atoms with Gasteiger partial charge in [0.1, 0.15) is 23.3 Å². The largest absolute Gasteiger partial charge is 0.381 e. The van der Waals surface area contributed by atoms with Gasteiger partial charge in [0, 0.05) is 52.1 Å². The SMILES string of the molecule is Cc1ccc(CN=C2Nc3ccccc3CC23CCNCC3)c(F)c1.Cc1cccc(CN=C2Nc3cc(Cl)c(Cl)cc3CC23CCOCC3)c1.Cc1cccc(CN=C2Nc3ccccc3CC23CCNCC3)c1. The fraction of sp³-hybridized carbons (Fsp3) is 0.381. The fourth-order valence-electron chi connectivity index (χ4n) is 11.9. The third-order valence-electron chi connectivity index (χ3n) is 16.2. The number of hydrogen-bond acceptors (Lipinski definition) is 6. The second-order valence-electron chi connectivity index (χ2n) is 21.7. The molecule has 0 amide bonds. The van der Waals surface area contributed by atoms with Crippen molar-refractivity contribution < 1.29 is 9.13 Å². The molecule has 3 saturated heterocycles. The van der Waals surface area contributed by atoms with Crippen molar-refractivity contribution in [2.75, 3.05) is 55.3 Å². The number of para-hydroxylation sites is 2. The highest BCUT2D eigenvalue weighted by molar-refractivity contribution is 6.42. The minimum Gasteiger partial charge on any atom is -0.381 e. The molecule has 0 bridgehead atoms. The van der Waals surface area contributed by atoms with Crippen molar-refractivity contribution in [1.29, 1.82) is 0 Å². The molecule has 0 saturated carbocycles. The Kier molecular flexibility index (Phi) is 16.5. The Balaban J connectivity index is 0.000000128. The van der Waals surface area contributed by atoms with Gasteiger partial charge in [-0.25, -0.2) is 4.39 Å². The first-order valence-corrected chi connectivity index (χ1v) is 27.7. The maximum absolute atomic E-state index is 14.2. The van der Waals surface area contributed by atoms with Crippen LogP contribution in [-0.4, -0.2) is 56.9 Å². The summed E-state index contributed by atoms with van der Waals surface area (Å²) in [6.07, 6.45) is 9.38. The van der Waals surface area contributed by atoms with Crippen molar-refractivity contribution in [3.63, 3.8) is 0 Å². The number of fused-ring (bicyclic) bond motifs is 3. The maximum Gasteiger partial charge on any atom is 0.128 e. The lowest BCUT2D eigenvalue weighted by Crippen LogP contribution is -2.48. The molecule has 0 atom stereocenters. The minimum absolute atomic E-state index is 0.00770. The predicted molar refractivity (Wildman–Crippen MR) is 310 cm³/mol. The van der Waals surface area contributed by atoms with Gasteiger partial charge in [0.2, 0.25) is 0 Å². The highest BCUT2D eigenvalue weighted by Gasteiger charge is 2.44. The summed E-state index contributed by atoms with van der Waals surface area (Å²) in [4.78, 5) is 14.9. The van der Waals surface area contributed by atoms with Crippen molar-refractivity contribution >= 4 is 57.8 Å². The van der Waals surface area contributed by atoms with Gasteiger partial charge in [-0.15, -0.1) is 0 Å². The number of ether oxygens (including phenoxy) is 1. The highest BCUT2D eigenvalue weighted by atomic mass is 35.5. The van der Waals surface area contributed by atoms with Crippen molar-refractivity contribution in [3.05, 3.63) is 193 Å². The molecule has 6 aromatic rings. The number of aryl methyl sites for hydroxylation is 3. The third-order valence-corrected chi connectivity index (χ3v) is 16.9. The molecule has 0 aromatic heterocycles. The summed E-state index contributed by atoms with van der Waals surface area (Å²) in [5.41, 5.74) is 14.2. The standard InChI is InChI=1S/C21H22Cl2N2O.C21H24FN3.C21H25N3/c1-14-3-2-4-15(9-14)13-24-20-21(5-7-26-8-6-21)12-16-10-17(22)18(23)11-19(16)25-20;1-15-6-7-17(18(22)12-15)14-24-20-21(8-10-23-11-9-21)13-16-4-2-3-5-19(16)25-20;1-16-5-4-6-17(13-16)15-23-20-21(9-11-22-12-10-21)14-18-7-2-3-8-19(18)24-20/h2-4,9-11H,5-8,12-13H2,1H3,(H,24,25);2-7,12,23H,8-11,13-14H2,1H3,(H,24,25);2-8,13,22H,9-12,14-15H2,1H3,(H,23,24). The Bertz CT molecular complexity index is 3080. The van der Waals surface area contributed by atoms with E-state index in [0.29, 0.717) is 28.7 Å². The number of piperidine rings is 2. The Morgan fingerprint density at radius 1 is 0.467 bits per heavy atom. The monoisotopic (exact) mass is 1040 g/mol. The molecule has 6 aliphatic heterocycles. The molecule has 6 aliphatic rings. The topological polar surface area (TPSA) is 106 Å². The summed E-state index contributed by atoms with van der Waals surface area (Å²) in [5.74, 6) is 3.09. The first kappa shape index (κ1) is 52.6. The number of nitrogens with one attached hydrogen (secondary N) is 5. The number of benzene rings is 6. The predicted octanol–water partition coefficient (Wildman–Crippen LogP) is 13.7. The Morgan fingerprint density at radius 2 is 0.920 bits per heavy atom. The van der Waals surface area contributed by atoms with Crippen LogP contribution in [0.4, 0.5) is 21.5 Å². The van der Waals surface area contributed by atoms with Crippen LogP contribution in [0.25, 0.3) is 0 Å². The number of nitrogens with zero attached hydrogens (tertiary/aromatic N) is 3. The van der Waals surface area contributed by atoms with Crippen LogP contribution in [0.2, 0.25) is 10.0 Å². The number of rotatable bonds is 6. The van der Waals surface area contributed by atoms with Crippen LogP contribution in [-0.2, 0) is 43.6 Å². The molecule has 12 heteroatoms. The van der Waals surface area contributed by atoms with Gasteiger partial charge < -0.3 is 31.3 Å². The number of amidine groups is 3. The van der Waals surface area contributed by atoms with Crippen molar-refractivity contribution in [2.24, 2.45) is 31.2 Å². The third kappa shape index (κ3) is 12.4. The minimum atomic E-state index is -0.167. The van der Waals surface area contributed by atoms with Gasteiger partial charge in [-0.3, -0.25) is 15.0 Å². The molecule has 5 N–H and O–H groups in total. The molecule has 390 valence electrons. The first-order valence-electron chi connectivity index (χ1n) is 26.9.